The molecule has 1 heterocycles. The van der Waals surface area contributed by atoms with Crippen molar-refractivity contribution >= 4 is 29.3 Å². The van der Waals surface area contributed by atoms with Crippen molar-refractivity contribution in [2.75, 3.05) is 13.1 Å². The van der Waals surface area contributed by atoms with E-state index in [1.54, 1.807) is 18.2 Å². The van der Waals surface area contributed by atoms with Gasteiger partial charge in [0.05, 0.1) is 12.8 Å². The maximum atomic E-state index is 13.7. The fourth-order valence-electron chi connectivity index (χ4n) is 4.02. The van der Waals surface area contributed by atoms with Gasteiger partial charge in [0.2, 0.25) is 11.8 Å². The summed E-state index contributed by atoms with van der Waals surface area (Å²) >= 11 is 6.04. The zero-order chi connectivity index (χ0) is 27.9. The zero-order valence-electron chi connectivity index (χ0n) is 22.6. The summed E-state index contributed by atoms with van der Waals surface area (Å²) in [4.78, 5) is 41.3. The number of carbonyl (C=O) groups excluding carboxylic acids is 3. The molecule has 0 aliphatic rings. The maximum Gasteiger partial charge on any atom is 0.287 e. The third kappa shape index (κ3) is 8.21. The highest BCUT2D eigenvalue weighted by molar-refractivity contribution is 6.30. The maximum absolute atomic E-state index is 13.7. The number of benzene rings is 2. The Kier molecular flexibility index (Phi) is 9.75. The van der Waals surface area contributed by atoms with Crippen molar-refractivity contribution in [3.8, 4) is 0 Å². The lowest BCUT2D eigenvalue weighted by atomic mass is 9.96. The Morgan fingerprint density at radius 3 is 2.13 bits per heavy atom. The molecule has 2 aromatic carbocycles. The molecule has 0 saturated heterocycles. The first-order chi connectivity index (χ1) is 17.9. The molecule has 0 saturated carbocycles. The summed E-state index contributed by atoms with van der Waals surface area (Å²) in [6.45, 7) is 9.85. The van der Waals surface area contributed by atoms with Crippen LogP contribution in [0.3, 0.4) is 0 Å². The van der Waals surface area contributed by atoms with Gasteiger partial charge in [0.25, 0.3) is 5.91 Å². The van der Waals surface area contributed by atoms with Crippen LogP contribution in [0.5, 0.6) is 0 Å². The van der Waals surface area contributed by atoms with E-state index in [1.165, 1.54) is 17.2 Å². The molecule has 38 heavy (non-hydrogen) atoms. The molecule has 3 amide bonds. The van der Waals surface area contributed by atoms with E-state index in [0.717, 1.165) is 11.1 Å². The van der Waals surface area contributed by atoms with Gasteiger partial charge in [-0.3, -0.25) is 14.4 Å². The average Bonchev–Trinajstić information content (AvgIpc) is 3.40. The predicted octanol–water partition coefficient (Wildman–Crippen LogP) is 5.51. The smallest absolute Gasteiger partial charge is 0.287 e. The second-order valence-electron chi connectivity index (χ2n) is 10.6. The Hall–Kier alpha value is -3.58. The lowest BCUT2D eigenvalue weighted by molar-refractivity contribution is -0.140. The number of hydrogen-bond donors (Lipinski definition) is 2. The van der Waals surface area contributed by atoms with E-state index >= 15 is 0 Å². The van der Waals surface area contributed by atoms with Crippen LogP contribution in [0, 0.1) is 0 Å². The fraction of sp³-hybridized carbons (Fsp3) is 0.367. The molecule has 0 radical (unpaired) electrons. The van der Waals surface area contributed by atoms with Crippen molar-refractivity contribution in [1.82, 2.24) is 15.5 Å². The summed E-state index contributed by atoms with van der Waals surface area (Å²) in [6, 6.07) is 17.4. The Morgan fingerprint density at radius 1 is 0.947 bits per heavy atom. The van der Waals surface area contributed by atoms with Crippen molar-refractivity contribution in [2.45, 2.75) is 58.5 Å². The Morgan fingerprint density at radius 2 is 1.58 bits per heavy atom. The molecule has 0 unspecified atom stereocenters. The monoisotopic (exact) mass is 537 g/mol. The SMILES string of the molecule is CC(C)c1ccc([C@H](C(=O)NC(C)(C)C)N(CCc2ccc(Cl)cc2)C(=O)CNC(=O)c2ccco2)cc1. The number of nitrogens with one attached hydrogen (secondary N) is 2. The fourth-order valence-corrected chi connectivity index (χ4v) is 4.15. The van der Waals surface area contributed by atoms with Crippen LogP contribution in [0.15, 0.2) is 71.3 Å². The van der Waals surface area contributed by atoms with Gasteiger partial charge in [-0.15, -0.1) is 0 Å². The summed E-state index contributed by atoms with van der Waals surface area (Å²) in [5, 5.41) is 6.27. The van der Waals surface area contributed by atoms with Crippen LogP contribution < -0.4 is 10.6 Å². The van der Waals surface area contributed by atoms with Crippen LogP contribution in [0.1, 0.15) is 73.8 Å². The quantitative estimate of drug-likeness (QED) is 0.356. The summed E-state index contributed by atoms with van der Waals surface area (Å²) in [7, 11) is 0. The van der Waals surface area contributed by atoms with Gasteiger partial charge >= 0.3 is 0 Å². The zero-order valence-corrected chi connectivity index (χ0v) is 23.3. The third-order valence-corrected chi connectivity index (χ3v) is 6.25. The molecule has 3 rings (SSSR count). The Balaban J connectivity index is 1.94. The van der Waals surface area contributed by atoms with Gasteiger partial charge in [0, 0.05) is 17.1 Å². The average molecular weight is 538 g/mol. The largest absolute Gasteiger partial charge is 0.459 e. The predicted molar refractivity (Wildman–Crippen MR) is 149 cm³/mol. The van der Waals surface area contributed by atoms with Crippen molar-refractivity contribution in [3.63, 3.8) is 0 Å². The van der Waals surface area contributed by atoms with Crippen LogP contribution in [0.25, 0.3) is 0 Å². The lowest BCUT2D eigenvalue weighted by Gasteiger charge is -2.34. The number of nitrogens with zero attached hydrogens (tertiary/aromatic N) is 1. The molecule has 8 heteroatoms. The van der Waals surface area contributed by atoms with Crippen molar-refractivity contribution < 1.29 is 18.8 Å². The van der Waals surface area contributed by atoms with Gasteiger partial charge < -0.3 is 20.0 Å². The molecule has 202 valence electrons. The highest BCUT2D eigenvalue weighted by Crippen LogP contribution is 2.26. The summed E-state index contributed by atoms with van der Waals surface area (Å²) in [6.07, 6.45) is 1.89. The van der Waals surface area contributed by atoms with E-state index in [1.807, 2.05) is 57.2 Å². The molecule has 0 fully saturated rings. The number of hydrogen-bond acceptors (Lipinski definition) is 4. The van der Waals surface area contributed by atoms with Crippen LogP contribution in [0.4, 0.5) is 0 Å². The molecule has 0 aliphatic carbocycles. The van der Waals surface area contributed by atoms with E-state index in [2.05, 4.69) is 24.5 Å². The molecule has 0 bridgehead atoms. The Bertz CT molecular complexity index is 1210. The minimum atomic E-state index is -0.893. The number of rotatable bonds is 10. The molecular weight excluding hydrogens is 502 g/mol. The first-order valence-electron chi connectivity index (χ1n) is 12.7. The minimum absolute atomic E-state index is 0.108. The van der Waals surface area contributed by atoms with Gasteiger partial charge in [-0.05, 0) is 74.1 Å². The molecule has 2 N–H and O–H groups in total. The molecule has 0 spiro atoms. The standard InChI is InChI=1S/C30H36ClN3O4/c1-20(2)22-10-12-23(13-11-22)27(29(37)33-30(3,4)5)34(17-16-21-8-14-24(31)15-9-21)26(35)19-32-28(36)25-7-6-18-38-25/h6-15,18,20,27H,16-17,19H2,1-5H3,(H,32,36)(H,33,37)/t27-/m1/s1. The summed E-state index contributed by atoms with van der Waals surface area (Å²) in [5.74, 6) is -0.752. The van der Waals surface area contributed by atoms with Gasteiger partial charge in [0.15, 0.2) is 5.76 Å². The van der Waals surface area contributed by atoms with E-state index in [-0.39, 0.29) is 30.7 Å². The second kappa shape index (κ2) is 12.8. The van der Waals surface area contributed by atoms with Gasteiger partial charge in [0.1, 0.15) is 6.04 Å². The summed E-state index contributed by atoms with van der Waals surface area (Å²) in [5.41, 5.74) is 2.29. The molecule has 7 nitrogen and oxygen atoms in total. The number of amides is 3. The van der Waals surface area contributed by atoms with Crippen LogP contribution in [-0.2, 0) is 16.0 Å². The van der Waals surface area contributed by atoms with Gasteiger partial charge in [-0.25, -0.2) is 0 Å². The summed E-state index contributed by atoms with van der Waals surface area (Å²) < 4.78 is 5.13. The van der Waals surface area contributed by atoms with E-state index < -0.39 is 17.5 Å². The van der Waals surface area contributed by atoms with E-state index in [4.69, 9.17) is 16.0 Å². The lowest BCUT2D eigenvalue weighted by Crippen LogP contribution is -2.51. The van der Waals surface area contributed by atoms with Crippen molar-refractivity contribution in [3.05, 3.63) is 94.4 Å². The number of halogens is 1. The molecule has 0 aliphatic heterocycles. The number of furan rings is 1. The van der Waals surface area contributed by atoms with Crippen molar-refractivity contribution in [2.24, 2.45) is 0 Å². The van der Waals surface area contributed by atoms with Crippen LogP contribution >= 0.6 is 11.6 Å². The molecular formula is C30H36ClN3O4. The first-order valence-corrected chi connectivity index (χ1v) is 13.1. The Labute approximate surface area is 229 Å². The molecule has 1 atom stereocenters. The van der Waals surface area contributed by atoms with Gasteiger partial charge in [-0.2, -0.15) is 0 Å². The van der Waals surface area contributed by atoms with Crippen LogP contribution in [0.2, 0.25) is 5.02 Å². The second-order valence-corrected chi connectivity index (χ2v) is 11.0. The molecule has 3 aromatic rings. The number of carbonyl (C=O) groups is 3. The first kappa shape index (κ1) is 29.0. The molecule has 1 aromatic heterocycles. The minimum Gasteiger partial charge on any atom is -0.459 e. The van der Waals surface area contributed by atoms with E-state index in [0.29, 0.717) is 22.9 Å². The van der Waals surface area contributed by atoms with E-state index in [9.17, 15) is 14.4 Å². The highest BCUT2D eigenvalue weighted by atomic mass is 35.5. The van der Waals surface area contributed by atoms with Gasteiger partial charge in [-0.1, -0.05) is 61.8 Å². The normalized spacial score (nSPS) is 12.2. The van der Waals surface area contributed by atoms with Crippen molar-refractivity contribution in [1.29, 1.82) is 0 Å². The third-order valence-electron chi connectivity index (χ3n) is 6.00. The van der Waals surface area contributed by atoms with Crippen LogP contribution in [-0.4, -0.2) is 41.2 Å². The topological polar surface area (TPSA) is 91.7 Å². The highest BCUT2D eigenvalue weighted by Gasteiger charge is 2.33.